The molecule has 2 aromatic rings. The molecule has 0 aliphatic carbocycles. The minimum absolute atomic E-state index is 0.0432. The van der Waals surface area contributed by atoms with Crippen LogP contribution in [0.3, 0.4) is 0 Å². The molecule has 1 aromatic heterocycles. The van der Waals surface area contributed by atoms with Crippen LogP contribution in [-0.2, 0) is 10.0 Å². The lowest BCUT2D eigenvalue weighted by Crippen LogP contribution is -2.14. The first-order chi connectivity index (χ1) is 9.83. The van der Waals surface area contributed by atoms with Crippen molar-refractivity contribution in [3.05, 3.63) is 45.0 Å². The maximum atomic E-state index is 12.3. The zero-order valence-electron chi connectivity index (χ0n) is 10.7. The summed E-state index contributed by atoms with van der Waals surface area (Å²) in [5.41, 5.74) is 0.330. The molecule has 0 bridgehead atoms. The van der Waals surface area contributed by atoms with E-state index in [-0.39, 0.29) is 9.92 Å². The molecule has 0 aliphatic rings. The van der Waals surface area contributed by atoms with Gasteiger partial charge in [-0.3, -0.25) is 4.72 Å². The molecule has 0 unspecified atom stereocenters. The number of anilines is 2. The van der Waals surface area contributed by atoms with Gasteiger partial charge in [0, 0.05) is 22.7 Å². The van der Waals surface area contributed by atoms with Crippen LogP contribution in [0.5, 0.6) is 0 Å². The molecule has 0 spiro atoms. The number of rotatable bonds is 4. The predicted molar refractivity (Wildman–Crippen MR) is 88.8 cm³/mol. The summed E-state index contributed by atoms with van der Waals surface area (Å²) in [4.78, 5) is 3.90. The van der Waals surface area contributed by atoms with Crippen molar-refractivity contribution >= 4 is 60.7 Å². The first kappa shape index (κ1) is 16.4. The Balaban J connectivity index is 2.38. The number of sulfonamides is 1. The van der Waals surface area contributed by atoms with E-state index in [1.165, 1.54) is 18.3 Å². The number of hydrogen-bond donors (Lipinski definition) is 2. The smallest absolute Gasteiger partial charge is 0.263 e. The Kier molecular flexibility index (Phi) is 4.98. The van der Waals surface area contributed by atoms with Crippen LogP contribution in [0.15, 0.2) is 39.8 Å². The molecule has 2 N–H and O–H groups in total. The minimum Gasteiger partial charge on any atom is -0.372 e. The van der Waals surface area contributed by atoms with Crippen LogP contribution in [0.1, 0.15) is 0 Å². The second-order valence-electron chi connectivity index (χ2n) is 3.98. The Morgan fingerprint density at radius 2 is 1.95 bits per heavy atom. The average Bonchev–Trinajstić information content (AvgIpc) is 2.42. The monoisotopic (exact) mass is 409 g/mol. The fourth-order valence-corrected chi connectivity index (χ4v) is 3.55. The quantitative estimate of drug-likeness (QED) is 0.799. The SMILES string of the molecule is CNc1ncc(S(=O)(=O)Nc2cc(Cl)ccc2Br)cc1Cl. The maximum absolute atomic E-state index is 12.3. The molecule has 0 amide bonds. The highest BCUT2D eigenvalue weighted by Crippen LogP contribution is 2.29. The third-order valence-electron chi connectivity index (χ3n) is 2.54. The van der Waals surface area contributed by atoms with Crippen molar-refractivity contribution in [3.63, 3.8) is 0 Å². The first-order valence-electron chi connectivity index (χ1n) is 5.64. The summed E-state index contributed by atoms with van der Waals surface area (Å²) in [5.74, 6) is 0.402. The molecule has 0 saturated carbocycles. The van der Waals surface area contributed by atoms with Crippen LogP contribution in [-0.4, -0.2) is 20.4 Å². The number of benzene rings is 1. The van der Waals surface area contributed by atoms with Gasteiger partial charge in [0.15, 0.2) is 0 Å². The normalized spacial score (nSPS) is 11.2. The molecule has 0 aliphatic heterocycles. The molecule has 0 atom stereocenters. The van der Waals surface area contributed by atoms with E-state index in [1.54, 1.807) is 19.2 Å². The molecule has 0 fully saturated rings. The molecule has 5 nitrogen and oxygen atoms in total. The van der Waals surface area contributed by atoms with Gasteiger partial charge >= 0.3 is 0 Å². The van der Waals surface area contributed by atoms with Gasteiger partial charge in [0.2, 0.25) is 0 Å². The van der Waals surface area contributed by atoms with Crippen LogP contribution < -0.4 is 10.0 Å². The Bertz CT molecular complexity index is 784. The molecular formula is C12H10BrCl2N3O2S. The minimum atomic E-state index is -3.81. The van der Waals surface area contributed by atoms with Gasteiger partial charge in [-0.15, -0.1) is 0 Å². The topological polar surface area (TPSA) is 71.1 Å². The van der Waals surface area contributed by atoms with Crippen molar-refractivity contribution < 1.29 is 8.42 Å². The molecular weight excluding hydrogens is 401 g/mol. The van der Waals surface area contributed by atoms with Crippen molar-refractivity contribution in [2.45, 2.75) is 4.90 Å². The summed E-state index contributed by atoms with van der Waals surface area (Å²) < 4.78 is 27.6. The van der Waals surface area contributed by atoms with Crippen molar-refractivity contribution in [1.29, 1.82) is 0 Å². The average molecular weight is 411 g/mol. The fourth-order valence-electron chi connectivity index (χ4n) is 1.53. The fraction of sp³-hybridized carbons (Fsp3) is 0.0833. The van der Waals surface area contributed by atoms with Crippen LogP contribution in [0.2, 0.25) is 10.0 Å². The maximum Gasteiger partial charge on any atom is 0.263 e. The number of hydrogen-bond acceptors (Lipinski definition) is 4. The van der Waals surface area contributed by atoms with Crippen LogP contribution in [0, 0.1) is 0 Å². The Labute approximate surface area is 140 Å². The Morgan fingerprint density at radius 1 is 1.24 bits per heavy atom. The van der Waals surface area contributed by atoms with E-state index in [0.29, 0.717) is 21.0 Å². The van der Waals surface area contributed by atoms with Gasteiger partial charge < -0.3 is 5.32 Å². The van der Waals surface area contributed by atoms with Gasteiger partial charge in [-0.25, -0.2) is 13.4 Å². The van der Waals surface area contributed by atoms with Gasteiger partial charge in [-0.05, 0) is 40.2 Å². The summed E-state index contributed by atoms with van der Waals surface area (Å²) >= 11 is 15.1. The lowest BCUT2D eigenvalue weighted by Gasteiger charge is -2.11. The molecule has 1 heterocycles. The van der Waals surface area contributed by atoms with Gasteiger partial charge in [0.1, 0.15) is 10.7 Å². The standard InChI is InChI=1S/C12H10BrCl2N3O2S/c1-16-12-10(15)5-8(6-17-12)21(19,20)18-11-4-7(14)2-3-9(11)13/h2-6,18H,1H3,(H,16,17). The summed E-state index contributed by atoms with van der Waals surface area (Å²) in [5, 5.41) is 3.38. The highest BCUT2D eigenvalue weighted by Gasteiger charge is 2.18. The number of halogens is 3. The molecule has 0 saturated heterocycles. The van der Waals surface area contributed by atoms with Crippen LogP contribution in [0.25, 0.3) is 0 Å². The number of nitrogens with one attached hydrogen (secondary N) is 2. The van der Waals surface area contributed by atoms with E-state index in [9.17, 15) is 8.42 Å². The second kappa shape index (κ2) is 6.39. The lowest BCUT2D eigenvalue weighted by molar-refractivity contribution is 0.601. The van der Waals surface area contributed by atoms with Crippen LogP contribution in [0.4, 0.5) is 11.5 Å². The third-order valence-corrected chi connectivity index (χ3v) is 5.08. The van der Waals surface area contributed by atoms with E-state index in [0.717, 1.165) is 0 Å². The lowest BCUT2D eigenvalue weighted by atomic mass is 10.3. The Hall–Kier alpha value is -1.02. The highest BCUT2D eigenvalue weighted by atomic mass is 79.9. The molecule has 9 heteroatoms. The summed E-state index contributed by atoms with van der Waals surface area (Å²) in [6.45, 7) is 0. The number of pyridine rings is 1. The molecule has 21 heavy (non-hydrogen) atoms. The summed E-state index contributed by atoms with van der Waals surface area (Å²) in [7, 11) is -2.17. The molecule has 0 radical (unpaired) electrons. The zero-order valence-corrected chi connectivity index (χ0v) is 14.6. The van der Waals surface area contributed by atoms with E-state index in [4.69, 9.17) is 23.2 Å². The predicted octanol–water partition coefficient (Wildman–Crippen LogP) is 3.99. The first-order valence-corrected chi connectivity index (χ1v) is 8.68. The number of nitrogens with zero attached hydrogens (tertiary/aromatic N) is 1. The van der Waals surface area contributed by atoms with Gasteiger partial charge in [-0.2, -0.15) is 0 Å². The van der Waals surface area contributed by atoms with E-state index >= 15 is 0 Å². The van der Waals surface area contributed by atoms with Crippen molar-refractivity contribution in [3.8, 4) is 0 Å². The van der Waals surface area contributed by atoms with Crippen molar-refractivity contribution in [2.24, 2.45) is 0 Å². The van der Waals surface area contributed by atoms with E-state index < -0.39 is 10.0 Å². The number of aromatic nitrogens is 1. The molecule has 112 valence electrons. The van der Waals surface area contributed by atoms with Crippen molar-refractivity contribution in [2.75, 3.05) is 17.1 Å². The van der Waals surface area contributed by atoms with E-state index in [1.807, 2.05) is 0 Å². The van der Waals surface area contributed by atoms with Gasteiger partial charge in [-0.1, -0.05) is 23.2 Å². The van der Waals surface area contributed by atoms with Gasteiger partial charge in [0.25, 0.3) is 10.0 Å². The third kappa shape index (κ3) is 3.79. The zero-order chi connectivity index (χ0) is 15.6. The molecule has 2 rings (SSSR count). The highest BCUT2D eigenvalue weighted by molar-refractivity contribution is 9.10. The summed E-state index contributed by atoms with van der Waals surface area (Å²) in [6, 6.07) is 6.11. The van der Waals surface area contributed by atoms with E-state index in [2.05, 4.69) is 31.0 Å². The van der Waals surface area contributed by atoms with Crippen LogP contribution >= 0.6 is 39.1 Å². The summed E-state index contributed by atoms with van der Waals surface area (Å²) in [6.07, 6.45) is 1.22. The van der Waals surface area contributed by atoms with Gasteiger partial charge in [0.05, 0.1) is 10.7 Å². The van der Waals surface area contributed by atoms with Crippen molar-refractivity contribution in [1.82, 2.24) is 4.98 Å². The largest absolute Gasteiger partial charge is 0.372 e. The second-order valence-corrected chi connectivity index (χ2v) is 7.36. The Morgan fingerprint density at radius 3 is 2.57 bits per heavy atom. The molecule has 1 aromatic carbocycles.